The molecule has 0 fully saturated rings. The summed E-state index contributed by atoms with van der Waals surface area (Å²) < 4.78 is 25.0. The molecule has 3 rings (SSSR count). The standard InChI is InChI=1S/C15H13NO2S/c1-19(17,18)16-10-15-13-8-4-2-6-11(13)12-7-3-5-9-14(12)15/h2-10,16H,1H3. The van der Waals surface area contributed by atoms with Crippen molar-refractivity contribution in [1.29, 1.82) is 0 Å². The molecule has 1 aliphatic carbocycles. The van der Waals surface area contributed by atoms with E-state index in [0.717, 1.165) is 34.1 Å². The highest BCUT2D eigenvalue weighted by Crippen LogP contribution is 2.43. The van der Waals surface area contributed by atoms with Gasteiger partial charge < -0.3 is 0 Å². The maximum atomic E-state index is 11.3. The third kappa shape index (κ3) is 2.15. The molecule has 96 valence electrons. The molecule has 0 aromatic heterocycles. The molecule has 0 atom stereocenters. The van der Waals surface area contributed by atoms with Gasteiger partial charge in [0.15, 0.2) is 0 Å². The fourth-order valence-corrected chi connectivity index (χ4v) is 2.70. The second kappa shape index (κ2) is 4.24. The molecule has 2 aromatic rings. The zero-order valence-corrected chi connectivity index (χ0v) is 11.2. The molecule has 0 unspecified atom stereocenters. The number of rotatable bonds is 2. The van der Waals surface area contributed by atoms with E-state index in [0.29, 0.717) is 0 Å². The van der Waals surface area contributed by atoms with Crippen LogP contribution in [0.2, 0.25) is 0 Å². The molecular formula is C15H13NO2S. The predicted molar refractivity (Wildman–Crippen MR) is 76.9 cm³/mol. The van der Waals surface area contributed by atoms with Crippen molar-refractivity contribution in [2.45, 2.75) is 0 Å². The fourth-order valence-electron chi connectivity index (χ4n) is 2.37. The van der Waals surface area contributed by atoms with Crippen LogP contribution in [0, 0.1) is 0 Å². The van der Waals surface area contributed by atoms with Gasteiger partial charge in [0.1, 0.15) is 0 Å². The predicted octanol–water partition coefficient (Wildman–Crippen LogP) is 2.61. The van der Waals surface area contributed by atoms with Gasteiger partial charge in [-0.3, -0.25) is 4.72 Å². The van der Waals surface area contributed by atoms with Crippen LogP contribution in [0.4, 0.5) is 0 Å². The molecule has 0 saturated heterocycles. The Labute approximate surface area is 112 Å². The summed E-state index contributed by atoms with van der Waals surface area (Å²) in [5.74, 6) is 0. The molecule has 0 aliphatic heterocycles. The van der Waals surface area contributed by atoms with Crippen LogP contribution < -0.4 is 4.72 Å². The summed E-state index contributed by atoms with van der Waals surface area (Å²) in [5, 5.41) is 0. The number of fused-ring (bicyclic) bond motifs is 3. The van der Waals surface area contributed by atoms with E-state index in [1.54, 1.807) is 6.20 Å². The Hall–Kier alpha value is -2.07. The Morgan fingerprint density at radius 1 is 0.842 bits per heavy atom. The van der Waals surface area contributed by atoms with Crippen molar-refractivity contribution in [2.24, 2.45) is 0 Å². The van der Waals surface area contributed by atoms with Gasteiger partial charge in [-0.2, -0.15) is 0 Å². The lowest BCUT2D eigenvalue weighted by Gasteiger charge is -2.03. The largest absolute Gasteiger partial charge is 0.290 e. The van der Waals surface area contributed by atoms with Crippen molar-refractivity contribution in [2.75, 3.05) is 6.26 Å². The average Bonchev–Trinajstić information content (AvgIpc) is 2.70. The lowest BCUT2D eigenvalue weighted by Crippen LogP contribution is -2.15. The summed E-state index contributed by atoms with van der Waals surface area (Å²) in [6.07, 6.45) is 2.72. The maximum Gasteiger partial charge on any atom is 0.229 e. The summed E-state index contributed by atoms with van der Waals surface area (Å²) in [4.78, 5) is 0. The molecule has 0 amide bonds. The van der Waals surface area contributed by atoms with Crippen molar-refractivity contribution in [3.05, 3.63) is 65.9 Å². The van der Waals surface area contributed by atoms with Crippen LogP contribution >= 0.6 is 0 Å². The van der Waals surface area contributed by atoms with Crippen molar-refractivity contribution in [3.63, 3.8) is 0 Å². The van der Waals surface area contributed by atoms with Gasteiger partial charge in [0, 0.05) is 11.8 Å². The van der Waals surface area contributed by atoms with Crippen LogP contribution in [-0.2, 0) is 10.0 Å². The smallest absolute Gasteiger partial charge is 0.229 e. The van der Waals surface area contributed by atoms with Crippen molar-refractivity contribution >= 4 is 15.6 Å². The molecule has 1 N–H and O–H groups in total. The highest BCUT2D eigenvalue weighted by molar-refractivity contribution is 7.88. The first-order chi connectivity index (χ1) is 9.06. The first-order valence-corrected chi connectivity index (χ1v) is 7.82. The van der Waals surface area contributed by atoms with Gasteiger partial charge in [0.05, 0.1) is 6.26 Å². The number of benzene rings is 2. The third-order valence-electron chi connectivity index (χ3n) is 3.14. The lowest BCUT2D eigenvalue weighted by molar-refractivity contribution is 0.596. The minimum absolute atomic E-state index is 0.914. The van der Waals surface area contributed by atoms with E-state index in [2.05, 4.69) is 16.9 Å². The van der Waals surface area contributed by atoms with Gasteiger partial charge in [0.25, 0.3) is 0 Å². The Balaban J connectivity index is 2.20. The number of hydrogen-bond acceptors (Lipinski definition) is 2. The second-order valence-corrected chi connectivity index (χ2v) is 6.32. The summed E-state index contributed by atoms with van der Waals surface area (Å²) in [6.45, 7) is 0. The first kappa shape index (κ1) is 12.0. The van der Waals surface area contributed by atoms with Gasteiger partial charge >= 0.3 is 0 Å². The molecule has 1 aliphatic rings. The van der Waals surface area contributed by atoms with Crippen molar-refractivity contribution in [1.82, 2.24) is 4.72 Å². The van der Waals surface area contributed by atoms with Crippen LogP contribution in [-0.4, -0.2) is 14.7 Å². The van der Waals surface area contributed by atoms with Crippen molar-refractivity contribution in [3.8, 4) is 11.1 Å². The highest BCUT2D eigenvalue weighted by atomic mass is 32.2. The number of nitrogens with one attached hydrogen (secondary N) is 1. The molecule has 0 saturated carbocycles. The fraction of sp³-hybridized carbons (Fsp3) is 0.0667. The van der Waals surface area contributed by atoms with Crippen LogP contribution in [0.25, 0.3) is 16.7 Å². The van der Waals surface area contributed by atoms with E-state index in [4.69, 9.17) is 0 Å². The monoisotopic (exact) mass is 271 g/mol. The lowest BCUT2D eigenvalue weighted by atomic mass is 10.1. The quantitative estimate of drug-likeness (QED) is 0.778. The molecule has 0 bridgehead atoms. The normalized spacial score (nSPS) is 12.8. The van der Waals surface area contributed by atoms with Gasteiger partial charge in [-0.05, 0) is 22.3 Å². The molecule has 0 heterocycles. The third-order valence-corrected chi connectivity index (χ3v) is 3.69. The van der Waals surface area contributed by atoms with Crippen LogP contribution in [0.15, 0.2) is 54.7 Å². The van der Waals surface area contributed by atoms with Gasteiger partial charge in [0.2, 0.25) is 10.0 Å². The van der Waals surface area contributed by atoms with E-state index >= 15 is 0 Å². The van der Waals surface area contributed by atoms with E-state index in [9.17, 15) is 8.42 Å². The molecule has 3 nitrogen and oxygen atoms in total. The molecular weight excluding hydrogens is 258 g/mol. The van der Waals surface area contributed by atoms with E-state index in [-0.39, 0.29) is 0 Å². The Bertz CT molecular complexity index is 729. The minimum Gasteiger partial charge on any atom is -0.290 e. The van der Waals surface area contributed by atoms with E-state index in [1.165, 1.54) is 0 Å². The van der Waals surface area contributed by atoms with Crippen LogP contribution in [0.1, 0.15) is 11.1 Å². The summed E-state index contributed by atoms with van der Waals surface area (Å²) >= 11 is 0. The summed E-state index contributed by atoms with van der Waals surface area (Å²) in [5.41, 5.74) is 5.30. The summed E-state index contributed by atoms with van der Waals surface area (Å²) in [6, 6.07) is 16.0. The van der Waals surface area contributed by atoms with E-state index in [1.807, 2.05) is 36.4 Å². The van der Waals surface area contributed by atoms with Crippen LogP contribution in [0.3, 0.4) is 0 Å². The molecule has 2 aromatic carbocycles. The van der Waals surface area contributed by atoms with Gasteiger partial charge in [-0.25, -0.2) is 8.42 Å². The molecule has 0 radical (unpaired) electrons. The minimum atomic E-state index is -3.24. The molecule has 4 heteroatoms. The number of sulfonamides is 1. The zero-order chi connectivity index (χ0) is 13.5. The first-order valence-electron chi connectivity index (χ1n) is 5.93. The second-order valence-electron chi connectivity index (χ2n) is 4.54. The maximum absolute atomic E-state index is 11.3. The topological polar surface area (TPSA) is 46.2 Å². The molecule has 19 heavy (non-hydrogen) atoms. The SMILES string of the molecule is CS(=O)(=O)NC=C1c2ccccc2-c2ccccc21. The average molecular weight is 271 g/mol. The Kier molecular flexibility index (Phi) is 2.68. The van der Waals surface area contributed by atoms with Crippen molar-refractivity contribution < 1.29 is 8.42 Å². The number of hydrogen-bond donors (Lipinski definition) is 1. The van der Waals surface area contributed by atoms with E-state index < -0.39 is 10.0 Å². The Morgan fingerprint density at radius 3 is 1.68 bits per heavy atom. The highest BCUT2D eigenvalue weighted by Gasteiger charge is 2.22. The molecule has 0 spiro atoms. The zero-order valence-electron chi connectivity index (χ0n) is 10.4. The van der Waals surface area contributed by atoms with Crippen LogP contribution in [0.5, 0.6) is 0 Å². The summed E-state index contributed by atoms with van der Waals surface area (Å²) in [7, 11) is -3.24. The Morgan fingerprint density at radius 2 is 1.26 bits per heavy atom. The van der Waals surface area contributed by atoms with Gasteiger partial charge in [-0.1, -0.05) is 48.5 Å². The van der Waals surface area contributed by atoms with Gasteiger partial charge in [-0.15, -0.1) is 0 Å².